The van der Waals surface area contributed by atoms with Crippen molar-refractivity contribution in [3.8, 4) is 0 Å². The van der Waals surface area contributed by atoms with Gasteiger partial charge < -0.3 is 4.90 Å². The number of ketones is 1. The number of carbonyl (C=O) groups excluding carboxylic acids is 1. The Morgan fingerprint density at radius 3 is 2.55 bits per heavy atom. The maximum atomic E-state index is 13.7. The fourth-order valence-corrected chi connectivity index (χ4v) is 4.09. The number of rotatable bonds is 2. The highest BCUT2D eigenvalue weighted by Crippen LogP contribution is 2.45. The number of alkyl halides is 2. The minimum atomic E-state index is -2.74. The van der Waals surface area contributed by atoms with Gasteiger partial charge in [-0.2, -0.15) is 0 Å². The largest absolute Gasteiger partial charge is 0.334 e. The minimum Gasteiger partial charge on any atom is -0.334 e. The van der Waals surface area contributed by atoms with E-state index in [1.165, 1.54) is 12.2 Å². The first kappa shape index (κ1) is 19.0. The van der Waals surface area contributed by atoms with E-state index in [2.05, 4.69) is 0 Å². The number of halogens is 2. The maximum Gasteiger partial charge on any atom is 0.270 e. The van der Waals surface area contributed by atoms with Crippen molar-refractivity contribution in [1.82, 2.24) is 4.90 Å². The Balaban J connectivity index is 2.01. The lowest BCUT2D eigenvalue weighted by molar-refractivity contribution is -0.419. The molecule has 0 saturated carbocycles. The summed E-state index contributed by atoms with van der Waals surface area (Å²) in [5.41, 5.74) is 1.67. The molecule has 0 atom stereocenters. The fourth-order valence-electron chi connectivity index (χ4n) is 4.09. The van der Waals surface area contributed by atoms with Gasteiger partial charge in [0.15, 0.2) is 5.78 Å². The Kier molecular flexibility index (Phi) is 4.33. The molecule has 1 aliphatic carbocycles. The topological polar surface area (TPSA) is 63.5 Å². The van der Waals surface area contributed by atoms with Crippen molar-refractivity contribution in [2.75, 3.05) is 0 Å². The normalized spacial score (nSPS) is 22.6. The average Bonchev–Trinajstić information content (AvgIpc) is 2.67. The molecule has 3 aliphatic rings. The van der Waals surface area contributed by atoms with E-state index >= 15 is 0 Å². The van der Waals surface area contributed by atoms with Gasteiger partial charge in [-0.3, -0.25) is 14.9 Å². The van der Waals surface area contributed by atoms with Gasteiger partial charge in [0.2, 0.25) is 0 Å². The fraction of sp³-hybridized carbons (Fsp3) is 0.227. The lowest BCUT2D eigenvalue weighted by Crippen LogP contribution is -2.48. The summed E-state index contributed by atoms with van der Waals surface area (Å²) < 4.78 is 27.4. The van der Waals surface area contributed by atoms with Gasteiger partial charge in [0, 0.05) is 34.5 Å². The number of hydrogen-bond acceptors (Lipinski definition) is 4. The monoisotopic (exact) mass is 396 g/mol. The quantitative estimate of drug-likeness (QED) is 0.422. The highest BCUT2D eigenvalue weighted by atomic mass is 19.3. The molecule has 0 amide bonds. The molecule has 1 aromatic rings. The lowest BCUT2D eigenvalue weighted by atomic mass is 9.80. The molecule has 29 heavy (non-hydrogen) atoms. The Bertz CT molecular complexity index is 1090. The number of nitro groups is 1. The molecule has 0 spiro atoms. The first-order chi connectivity index (χ1) is 13.7. The number of hydrogen-bond donors (Lipinski definition) is 0. The summed E-state index contributed by atoms with van der Waals surface area (Å²) in [7, 11) is 0. The van der Waals surface area contributed by atoms with Gasteiger partial charge in [-0.15, -0.1) is 0 Å². The summed E-state index contributed by atoms with van der Waals surface area (Å²) in [6.07, 6.45) is 3.99. The molecule has 2 aliphatic heterocycles. The molecule has 5 nitrogen and oxygen atoms in total. The lowest BCUT2D eigenvalue weighted by Gasteiger charge is -2.49. The first-order valence-corrected chi connectivity index (χ1v) is 9.12. The van der Waals surface area contributed by atoms with Gasteiger partial charge in [0.1, 0.15) is 0 Å². The summed E-state index contributed by atoms with van der Waals surface area (Å²) in [4.78, 5) is 25.1. The van der Waals surface area contributed by atoms with Crippen molar-refractivity contribution in [1.29, 1.82) is 0 Å². The molecule has 4 rings (SSSR count). The molecular weight excluding hydrogens is 378 g/mol. The standard InChI is InChI=1S/C22H18F2N2O3/c1-22(2)12-13-5-3-4-6-16(13)18-9-14(21(23)24)10-19(25(18)22)17-11-15(26(28)29)7-8-20(17)27/h3-11,21H,12H2,1-2H3/b19-17-. The average molecular weight is 396 g/mol. The highest BCUT2D eigenvalue weighted by Gasteiger charge is 2.41. The number of fused-ring (bicyclic) bond motifs is 3. The van der Waals surface area contributed by atoms with Crippen LogP contribution in [0, 0.1) is 10.1 Å². The van der Waals surface area contributed by atoms with E-state index in [1.54, 1.807) is 0 Å². The van der Waals surface area contributed by atoms with Crippen molar-refractivity contribution < 1.29 is 18.5 Å². The van der Waals surface area contributed by atoms with Gasteiger partial charge in [-0.25, -0.2) is 8.78 Å². The number of nitrogens with zero attached hydrogens (tertiary/aromatic N) is 2. The van der Waals surface area contributed by atoms with Gasteiger partial charge in [0.05, 0.1) is 16.2 Å². The zero-order valence-electron chi connectivity index (χ0n) is 15.9. The molecule has 0 radical (unpaired) electrons. The smallest absolute Gasteiger partial charge is 0.270 e. The Labute approximate surface area is 166 Å². The van der Waals surface area contributed by atoms with E-state index in [4.69, 9.17) is 0 Å². The third kappa shape index (κ3) is 3.12. The molecular formula is C22H18F2N2O3. The van der Waals surface area contributed by atoms with Gasteiger partial charge in [0.25, 0.3) is 12.1 Å². The number of allylic oxidation sites excluding steroid dienone is 7. The first-order valence-electron chi connectivity index (χ1n) is 9.12. The molecule has 2 heterocycles. The predicted octanol–water partition coefficient (Wildman–Crippen LogP) is 4.42. The van der Waals surface area contributed by atoms with Gasteiger partial charge in [-0.1, -0.05) is 24.3 Å². The molecule has 1 aromatic carbocycles. The van der Waals surface area contributed by atoms with Crippen LogP contribution in [-0.4, -0.2) is 27.6 Å². The van der Waals surface area contributed by atoms with Crippen molar-refractivity contribution in [2.45, 2.75) is 32.2 Å². The van der Waals surface area contributed by atoms with Crippen molar-refractivity contribution in [2.24, 2.45) is 0 Å². The predicted molar refractivity (Wildman–Crippen MR) is 104 cm³/mol. The van der Waals surface area contributed by atoms with Crippen LogP contribution in [0.4, 0.5) is 8.78 Å². The third-order valence-corrected chi connectivity index (χ3v) is 5.31. The Hall–Kier alpha value is -3.35. The van der Waals surface area contributed by atoms with Crippen molar-refractivity contribution in [3.05, 3.63) is 98.4 Å². The number of benzene rings is 1. The van der Waals surface area contributed by atoms with Crippen LogP contribution in [0.2, 0.25) is 0 Å². The second-order valence-corrected chi connectivity index (χ2v) is 7.78. The molecule has 0 unspecified atom stereocenters. The molecule has 0 saturated heterocycles. The SMILES string of the molecule is CC1(C)Cc2ccccc2C2=CC(C(F)F)=C/C(=C3\C=C([N+](=O)[O-])C=CC3=O)N21. The van der Waals surface area contributed by atoms with Gasteiger partial charge in [-0.05, 0) is 44.1 Å². The van der Waals surface area contributed by atoms with E-state index in [-0.39, 0.29) is 22.5 Å². The maximum absolute atomic E-state index is 13.7. The molecule has 148 valence electrons. The van der Waals surface area contributed by atoms with E-state index in [0.717, 1.165) is 29.4 Å². The second-order valence-electron chi connectivity index (χ2n) is 7.78. The van der Waals surface area contributed by atoms with Crippen LogP contribution < -0.4 is 0 Å². The van der Waals surface area contributed by atoms with Crippen LogP contribution in [0.3, 0.4) is 0 Å². The summed E-state index contributed by atoms with van der Waals surface area (Å²) in [6, 6.07) is 7.56. The summed E-state index contributed by atoms with van der Waals surface area (Å²) >= 11 is 0. The summed E-state index contributed by atoms with van der Waals surface area (Å²) in [6.45, 7) is 3.92. The van der Waals surface area contributed by atoms with Crippen LogP contribution in [0.1, 0.15) is 25.0 Å². The van der Waals surface area contributed by atoms with Gasteiger partial charge >= 0.3 is 0 Å². The van der Waals surface area contributed by atoms with Crippen molar-refractivity contribution >= 4 is 11.5 Å². The van der Waals surface area contributed by atoms with E-state index < -0.39 is 22.7 Å². The molecule has 0 aromatic heterocycles. The third-order valence-electron chi connectivity index (χ3n) is 5.31. The zero-order chi connectivity index (χ0) is 20.9. The Morgan fingerprint density at radius 2 is 1.86 bits per heavy atom. The van der Waals surface area contributed by atoms with Crippen LogP contribution in [-0.2, 0) is 11.2 Å². The second kappa shape index (κ2) is 6.62. The van der Waals surface area contributed by atoms with E-state index in [0.29, 0.717) is 12.1 Å². The molecule has 0 N–H and O–H groups in total. The van der Waals surface area contributed by atoms with Crippen LogP contribution >= 0.6 is 0 Å². The summed E-state index contributed by atoms with van der Waals surface area (Å²) in [5.74, 6) is -0.452. The minimum absolute atomic E-state index is 0.0374. The Morgan fingerprint density at radius 1 is 1.14 bits per heavy atom. The molecule has 7 heteroatoms. The molecule has 0 bridgehead atoms. The molecule has 0 fully saturated rings. The summed E-state index contributed by atoms with van der Waals surface area (Å²) in [5, 5.41) is 11.2. The van der Waals surface area contributed by atoms with E-state index in [9.17, 15) is 23.7 Å². The van der Waals surface area contributed by atoms with Crippen molar-refractivity contribution in [3.63, 3.8) is 0 Å². The van der Waals surface area contributed by atoms with Crippen LogP contribution in [0.5, 0.6) is 0 Å². The highest BCUT2D eigenvalue weighted by molar-refractivity contribution is 6.08. The van der Waals surface area contributed by atoms with Crippen LogP contribution in [0.15, 0.2) is 77.2 Å². The number of carbonyl (C=O) groups is 1. The van der Waals surface area contributed by atoms with E-state index in [1.807, 2.05) is 43.0 Å². The van der Waals surface area contributed by atoms with Crippen LogP contribution in [0.25, 0.3) is 5.70 Å². The zero-order valence-corrected chi connectivity index (χ0v) is 15.9.